The van der Waals surface area contributed by atoms with Gasteiger partial charge in [-0.15, -0.1) is 0 Å². The Morgan fingerprint density at radius 1 is 1.16 bits per heavy atom. The highest BCUT2D eigenvalue weighted by atomic mass is 79.9. The molecule has 0 spiro atoms. The van der Waals surface area contributed by atoms with E-state index >= 15 is 0 Å². The summed E-state index contributed by atoms with van der Waals surface area (Å²) in [5, 5.41) is 0. The van der Waals surface area contributed by atoms with Gasteiger partial charge in [0.25, 0.3) is 0 Å². The average Bonchev–Trinajstić information content (AvgIpc) is 2.40. The topological polar surface area (TPSA) is 26.3 Å². The van der Waals surface area contributed by atoms with Crippen LogP contribution in [0.15, 0.2) is 53.0 Å². The summed E-state index contributed by atoms with van der Waals surface area (Å²) in [6, 6.07) is 15.2. The van der Waals surface area contributed by atoms with Crippen molar-refractivity contribution in [3.05, 3.63) is 64.1 Å². The van der Waals surface area contributed by atoms with Crippen molar-refractivity contribution in [3.63, 3.8) is 0 Å². The van der Waals surface area contributed by atoms with Crippen molar-refractivity contribution in [3.8, 4) is 5.75 Å². The quantitative estimate of drug-likeness (QED) is 0.769. The fraction of sp³-hybridized carbons (Fsp3) is 0.188. The Kier molecular flexibility index (Phi) is 4.74. The number of hydrogen-bond donors (Lipinski definition) is 0. The second-order valence-electron chi connectivity index (χ2n) is 4.16. The second-order valence-corrected chi connectivity index (χ2v) is 5.01. The number of ether oxygens (including phenoxy) is 1. The highest BCUT2D eigenvalue weighted by Gasteiger charge is 2.11. The lowest BCUT2D eigenvalue weighted by Gasteiger charge is -2.07. The Morgan fingerprint density at radius 3 is 2.53 bits per heavy atom. The lowest BCUT2D eigenvalue weighted by atomic mass is 10.0. The minimum atomic E-state index is 0.0983. The summed E-state index contributed by atoms with van der Waals surface area (Å²) in [7, 11) is 0. The molecule has 0 aliphatic rings. The van der Waals surface area contributed by atoms with Crippen molar-refractivity contribution in [1.82, 2.24) is 0 Å². The predicted molar refractivity (Wildman–Crippen MR) is 79.8 cm³/mol. The van der Waals surface area contributed by atoms with E-state index < -0.39 is 0 Å². The maximum absolute atomic E-state index is 12.2. The van der Waals surface area contributed by atoms with Crippen LogP contribution in [0.4, 0.5) is 0 Å². The van der Waals surface area contributed by atoms with E-state index in [1.54, 1.807) is 6.07 Å². The molecule has 0 radical (unpaired) electrons. The van der Waals surface area contributed by atoms with E-state index in [0.29, 0.717) is 18.6 Å². The molecule has 0 aromatic heterocycles. The monoisotopic (exact) mass is 318 g/mol. The van der Waals surface area contributed by atoms with Gasteiger partial charge >= 0.3 is 0 Å². The Bertz CT molecular complexity index is 564. The molecule has 0 fully saturated rings. The zero-order valence-electron chi connectivity index (χ0n) is 10.7. The molecule has 0 atom stereocenters. The lowest BCUT2D eigenvalue weighted by Crippen LogP contribution is -2.04. The molecule has 2 nitrogen and oxygen atoms in total. The Hall–Kier alpha value is -1.61. The molecule has 0 amide bonds. The summed E-state index contributed by atoms with van der Waals surface area (Å²) in [6.07, 6.45) is 0.410. The first-order valence-electron chi connectivity index (χ1n) is 6.20. The van der Waals surface area contributed by atoms with Gasteiger partial charge in [0, 0.05) is 16.5 Å². The van der Waals surface area contributed by atoms with Gasteiger partial charge in [-0.1, -0.05) is 30.3 Å². The minimum absolute atomic E-state index is 0.0983. The van der Waals surface area contributed by atoms with Gasteiger partial charge in [-0.05, 0) is 46.6 Å². The Labute approximate surface area is 121 Å². The third-order valence-electron chi connectivity index (χ3n) is 2.76. The minimum Gasteiger partial charge on any atom is -0.494 e. The maximum Gasteiger partial charge on any atom is 0.168 e. The maximum atomic E-state index is 12.2. The smallest absolute Gasteiger partial charge is 0.168 e. The summed E-state index contributed by atoms with van der Waals surface area (Å²) in [5.41, 5.74) is 1.71. The number of rotatable bonds is 5. The molecule has 3 heteroatoms. The van der Waals surface area contributed by atoms with E-state index in [2.05, 4.69) is 15.9 Å². The molecule has 0 heterocycles. The van der Waals surface area contributed by atoms with E-state index in [1.807, 2.05) is 49.4 Å². The van der Waals surface area contributed by atoms with E-state index in [0.717, 1.165) is 15.8 Å². The summed E-state index contributed by atoms with van der Waals surface area (Å²) in [4.78, 5) is 12.2. The summed E-state index contributed by atoms with van der Waals surface area (Å²) in [6.45, 7) is 2.55. The van der Waals surface area contributed by atoms with Crippen molar-refractivity contribution >= 4 is 21.7 Å². The van der Waals surface area contributed by atoms with Gasteiger partial charge in [0.2, 0.25) is 0 Å². The van der Waals surface area contributed by atoms with E-state index in [9.17, 15) is 4.79 Å². The zero-order valence-corrected chi connectivity index (χ0v) is 12.3. The van der Waals surface area contributed by atoms with E-state index in [4.69, 9.17) is 4.74 Å². The molecule has 98 valence electrons. The highest BCUT2D eigenvalue weighted by molar-refractivity contribution is 9.10. The Morgan fingerprint density at radius 2 is 1.89 bits per heavy atom. The molecule has 0 saturated carbocycles. The number of halogens is 1. The first-order valence-corrected chi connectivity index (χ1v) is 6.99. The molecule has 0 unspecified atom stereocenters. The zero-order chi connectivity index (χ0) is 13.7. The van der Waals surface area contributed by atoms with Gasteiger partial charge in [0.15, 0.2) is 5.78 Å². The molecule has 19 heavy (non-hydrogen) atoms. The third kappa shape index (κ3) is 3.67. The summed E-state index contributed by atoms with van der Waals surface area (Å²) in [5.74, 6) is 0.867. The highest BCUT2D eigenvalue weighted by Crippen LogP contribution is 2.24. The van der Waals surface area contributed by atoms with E-state index in [-0.39, 0.29) is 5.78 Å². The van der Waals surface area contributed by atoms with Crippen molar-refractivity contribution in [2.24, 2.45) is 0 Å². The van der Waals surface area contributed by atoms with Gasteiger partial charge in [-0.25, -0.2) is 0 Å². The number of carbonyl (C=O) groups excluding carboxylic acids is 1. The van der Waals surface area contributed by atoms with Gasteiger partial charge in [-0.3, -0.25) is 4.79 Å². The molecule has 0 saturated heterocycles. The van der Waals surface area contributed by atoms with Crippen LogP contribution in [0.3, 0.4) is 0 Å². The molecule has 2 aromatic rings. The second kappa shape index (κ2) is 6.53. The van der Waals surface area contributed by atoms with E-state index in [1.165, 1.54) is 0 Å². The largest absolute Gasteiger partial charge is 0.494 e. The predicted octanol–water partition coefficient (Wildman–Crippen LogP) is 4.27. The van der Waals surface area contributed by atoms with Gasteiger partial charge in [0.05, 0.1) is 6.61 Å². The van der Waals surface area contributed by atoms with Crippen LogP contribution < -0.4 is 4.74 Å². The third-order valence-corrected chi connectivity index (χ3v) is 3.42. The SMILES string of the molecule is CCOc1ccc(C(=O)Cc2ccccc2)c(Br)c1. The van der Waals surface area contributed by atoms with Gasteiger partial charge in [0.1, 0.15) is 5.75 Å². The van der Waals surface area contributed by atoms with Crippen LogP contribution in [-0.2, 0) is 6.42 Å². The first-order chi connectivity index (χ1) is 9.20. The van der Waals surface area contributed by atoms with Crippen molar-refractivity contribution in [2.45, 2.75) is 13.3 Å². The first kappa shape index (κ1) is 13.8. The molecule has 0 N–H and O–H groups in total. The van der Waals surface area contributed by atoms with Crippen molar-refractivity contribution in [1.29, 1.82) is 0 Å². The number of carbonyl (C=O) groups is 1. The van der Waals surface area contributed by atoms with Crippen LogP contribution in [0.1, 0.15) is 22.8 Å². The summed E-state index contributed by atoms with van der Waals surface area (Å²) < 4.78 is 6.18. The molecule has 0 bridgehead atoms. The average molecular weight is 319 g/mol. The molecule has 0 aliphatic heterocycles. The molecular weight excluding hydrogens is 304 g/mol. The molecular formula is C16H15BrO2. The van der Waals surface area contributed by atoms with Gasteiger partial charge < -0.3 is 4.74 Å². The fourth-order valence-electron chi connectivity index (χ4n) is 1.85. The fourth-order valence-corrected chi connectivity index (χ4v) is 2.43. The Balaban J connectivity index is 2.15. The van der Waals surface area contributed by atoms with Crippen LogP contribution in [0.5, 0.6) is 5.75 Å². The van der Waals surface area contributed by atoms with Crippen molar-refractivity contribution < 1.29 is 9.53 Å². The van der Waals surface area contributed by atoms with Crippen LogP contribution >= 0.6 is 15.9 Å². The number of benzene rings is 2. The number of ketones is 1. The number of Topliss-reactive ketones (excluding diaryl/α,β-unsaturated/α-hetero) is 1. The van der Waals surface area contributed by atoms with Crippen LogP contribution in [0.2, 0.25) is 0 Å². The van der Waals surface area contributed by atoms with Gasteiger partial charge in [-0.2, -0.15) is 0 Å². The standard InChI is InChI=1S/C16H15BrO2/c1-2-19-13-8-9-14(15(17)11-13)16(18)10-12-6-4-3-5-7-12/h3-9,11H,2,10H2,1H3. The lowest BCUT2D eigenvalue weighted by molar-refractivity contribution is 0.0992. The van der Waals surface area contributed by atoms with Crippen LogP contribution in [-0.4, -0.2) is 12.4 Å². The normalized spacial score (nSPS) is 10.2. The number of hydrogen-bond acceptors (Lipinski definition) is 2. The van der Waals surface area contributed by atoms with Crippen LogP contribution in [0.25, 0.3) is 0 Å². The molecule has 0 aliphatic carbocycles. The van der Waals surface area contributed by atoms with Crippen LogP contribution in [0, 0.1) is 0 Å². The molecule has 2 aromatic carbocycles. The van der Waals surface area contributed by atoms with Crippen molar-refractivity contribution in [2.75, 3.05) is 6.61 Å². The molecule has 2 rings (SSSR count). The summed E-state index contributed by atoms with van der Waals surface area (Å²) >= 11 is 3.43.